The van der Waals surface area contributed by atoms with Crippen molar-refractivity contribution < 1.29 is 47.2 Å². The van der Waals surface area contributed by atoms with Gasteiger partial charge in [-0.05, 0) is 0 Å². The number of alkyl halides is 1. The number of aliphatic hydroxyl groups excluding tert-OH is 3. The molecule has 3 N–H and O–H groups in total. The molecule has 0 saturated heterocycles. The molecule has 0 rings (SSSR count). The Hall–Kier alpha value is 0.300. The topological polar surface area (TPSA) is 88.4 Å². The summed E-state index contributed by atoms with van der Waals surface area (Å²) in [4.78, 5) is 14.2. The van der Waals surface area contributed by atoms with Gasteiger partial charge < -0.3 is 27.7 Å². The Bertz CT molecular complexity index is 131. The second-order valence-electron chi connectivity index (χ2n) is 2.40. The van der Waals surface area contributed by atoms with E-state index in [1.807, 2.05) is 0 Å². The van der Waals surface area contributed by atoms with Gasteiger partial charge in [-0.3, -0.25) is 0 Å². The Morgan fingerprint density at radius 3 is 1.31 bits per heavy atom. The molecule has 0 atom stereocenters. The van der Waals surface area contributed by atoms with E-state index in [1.165, 1.54) is 0 Å². The summed E-state index contributed by atoms with van der Waals surface area (Å²) >= 11 is 5.58. The lowest BCUT2D eigenvalue weighted by Crippen LogP contribution is -3.00. The molecule has 0 unspecified atom stereocenters. The van der Waals surface area contributed by atoms with Crippen molar-refractivity contribution in [3.05, 3.63) is 0 Å². The van der Waals surface area contributed by atoms with Crippen molar-refractivity contribution in [2.75, 3.05) is 45.6 Å². The molecule has 0 amide bonds. The van der Waals surface area contributed by atoms with E-state index in [-0.39, 0.29) is 58.1 Å². The molecular weight excluding hydrogens is 265 g/mol. The number of hydrogen-bond donors (Lipinski definition) is 3. The first-order valence-corrected chi connectivity index (χ1v) is 4.98. The highest BCUT2D eigenvalue weighted by atomic mass is 35.5. The largest absolute Gasteiger partial charge is 1.00 e. The third kappa shape index (κ3) is 7.55. The van der Waals surface area contributed by atoms with Crippen LogP contribution < -0.4 is 12.4 Å². The molecule has 16 heavy (non-hydrogen) atoms. The molecule has 0 aromatic rings. The molecule has 0 spiro atoms. The van der Waals surface area contributed by atoms with E-state index in [9.17, 15) is 0 Å². The average Bonchev–Trinajstić information content (AvgIpc) is 2.29. The van der Waals surface area contributed by atoms with Gasteiger partial charge in [0.05, 0.1) is 19.8 Å². The summed E-state index contributed by atoms with van der Waals surface area (Å²) < 4.78 is 0. The van der Waals surface area contributed by atoms with Crippen molar-refractivity contribution in [3.8, 4) is 0 Å². The zero-order chi connectivity index (χ0) is 11.6. The minimum absolute atomic E-state index is 0. The standard InChI is InChI=1S/C7H17ClNO6.ClH/c8-7-9(13-4-1-10,14-5-2-11)15-6-3-12;/h10-12H,1-7H2;1H/q+1;/p-1. The van der Waals surface area contributed by atoms with Gasteiger partial charge in [0, 0.05) is 0 Å². The van der Waals surface area contributed by atoms with E-state index >= 15 is 0 Å². The maximum absolute atomic E-state index is 8.59. The van der Waals surface area contributed by atoms with Crippen molar-refractivity contribution in [3.63, 3.8) is 0 Å². The quantitative estimate of drug-likeness (QED) is 0.163. The number of aliphatic hydroxyl groups is 3. The summed E-state index contributed by atoms with van der Waals surface area (Å²) in [5, 5.41) is 25.8. The van der Waals surface area contributed by atoms with Gasteiger partial charge in [0.2, 0.25) is 0 Å². The van der Waals surface area contributed by atoms with Gasteiger partial charge in [0.25, 0.3) is 6.00 Å². The summed E-state index contributed by atoms with van der Waals surface area (Å²) in [6.07, 6.45) is 0. The van der Waals surface area contributed by atoms with Crippen LogP contribution in [-0.2, 0) is 14.5 Å². The predicted molar refractivity (Wildman–Crippen MR) is 50.1 cm³/mol. The minimum atomic E-state index is -0.830. The molecule has 0 heterocycles. The Labute approximate surface area is 105 Å². The first kappa shape index (κ1) is 18.7. The highest BCUT2D eigenvalue weighted by molar-refractivity contribution is 6.16. The van der Waals surface area contributed by atoms with Crippen LogP contribution in [0.3, 0.4) is 0 Å². The Kier molecular flexibility index (Phi) is 13.7. The van der Waals surface area contributed by atoms with Crippen LogP contribution in [0.25, 0.3) is 0 Å². The van der Waals surface area contributed by atoms with Crippen molar-refractivity contribution in [2.45, 2.75) is 0 Å². The zero-order valence-corrected chi connectivity index (χ0v) is 10.2. The smallest absolute Gasteiger partial charge is 0.251 e. The molecular formula is C7H17Cl2NO6. The van der Waals surface area contributed by atoms with Crippen LogP contribution >= 0.6 is 11.6 Å². The van der Waals surface area contributed by atoms with Crippen LogP contribution in [0.1, 0.15) is 0 Å². The van der Waals surface area contributed by atoms with E-state index in [2.05, 4.69) is 0 Å². The molecule has 7 nitrogen and oxygen atoms in total. The third-order valence-corrected chi connectivity index (χ3v) is 1.58. The van der Waals surface area contributed by atoms with Crippen LogP contribution in [0.4, 0.5) is 0 Å². The number of rotatable bonds is 10. The van der Waals surface area contributed by atoms with E-state index < -0.39 is 4.97 Å². The Morgan fingerprint density at radius 1 is 0.812 bits per heavy atom. The Balaban J connectivity index is 0. The molecule has 9 heteroatoms. The number of hydroxylamine groups is 3. The van der Waals surface area contributed by atoms with Crippen molar-refractivity contribution in [2.24, 2.45) is 0 Å². The summed E-state index contributed by atoms with van der Waals surface area (Å²) in [5.41, 5.74) is 0. The maximum Gasteiger partial charge on any atom is 0.251 e. The van der Waals surface area contributed by atoms with Gasteiger partial charge in [-0.1, -0.05) is 11.6 Å². The van der Waals surface area contributed by atoms with Gasteiger partial charge in [-0.2, -0.15) is 0 Å². The number of hydrogen-bond acceptors (Lipinski definition) is 6. The number of nitrogens with zero attached hydrogens (tertiary/aromatic N) is 1. The average molecular weight is 282 g/mol. The molecule has 0 fully saturated rings. The van der Waals surface area contributed by atoms with Gasteiger partial charge in [0.15, 0.2) is 0 Å². The fraction of sp³-hybridized carbons (Fsp3) is 1.00. The van der Waals surface area contributed by atoms with E-state index in [0.29, 0.717) is 0 Å². The molecule has 0 bridgehead atoms. The maximum atomic E-state index is 8.59. The summed E-state index contributed by atoms with van der Waals surface area (Å²) in [6, 6.07) is -0.194. The van der Waals surface area contributed by atoms with Crippen LogP contribution in [0.5, 0.6) is 0 Å². The van der Waals surface area contributed by atoms with E-state index in [1.54, 1.807) is 0 Å². The van der Waals surface area contributed by atoms with Crippen LogP contribution in [-0.4, -0.2) is 65.9 Å². The lowest BCUT2D eigenvalue weighted by Gasteiger charge is -2.26. The van der Waals surface area contributed by atoms with Gasteiger partial charge in [-0.15, -0.1) is 14.5 Å². The van der Waals surface area contributed by atoms with Crippen molar-refractivity contribution >= 4 is 11.6 Å². The van der Waals surface area contributed by atoms with Crippen molar-refractivity contribution in [1.29, 1.82) is 0 Å². The number of halogens is 2. The second-order valence-corrected chi connectivity index (χ2v) is 2.64. The van der Waals surface area contributed by atoms with Gasteiger partial charge >= 0.3 is 0 Å². The van der Waals surface area contributed by atoms with Crippen LogP contribution in [0.2, 0.25) is 0 Å². The fourth-order valence-corrected chi connectivity index (χ4v) is 0.962. The molecule has 100 valence electrons. The molecule has 0 aliphatic carbocycles. The highest BCUT2D eigenvalue weighted by Crippen LogP contribution is 2.12. The lowest BCUT2D eigenvalue weighted by molar-refractivity contribution is -1.36. The molecule has 0 aromatic carbocycles. The third-order valence-electron chi connectivity index (χ3n) is 1.28. The van der Waals surface area contributed by atoms with E-state index in [4.69, 9.17) is 41.4 Å². The lowest BCUT2D eigenvalue weighted by atomic mass is 10.8. The first-order chi connectivity index (χ1) is 7.24. The Morgan fingerprint density at radius 2 is 1.12 bits per heavy atom. The first-order valence-electron chi connectivity index (χ1n) is 4.45. The summed E-state index contributed by atoms with van der Waals surface area (Å²) in [6.45, 7) is -0.775. The molecule has 0 aliphatic rings. The molecule has 0 radical (unpaired) electrons. The fourth-order valence-electron chi connectivity index (χ4n) is 0.755. The minimum Gasteiger partial charge on any atom is -1.00 e. The zero-order valence-electron chi connectivity index (χ0n) is 8.72. The highest BCUT2D eigenvalue weighted by Gasteiger charge is 2.34. The van der Waals surface area contributed by atoms with Crippen LogP contribution in [0.15, 0.2) is 0 Å². The molecule has 0 aliphatic heterocycles. The molecule has 0 aromatic heterocycles. The van der Waals surface area contributed by atoms with Gasteiger partial charge in [0.1, 0.15) is 24.8 Å². The molecule has 0 saturated carbocycles. The second kappa shape index (κ2) is 11.8. The monoisotopic (exact) mass is 281 g/mol. The normalized spacial score (nSPS) is 11.2. The van der Waals surface area contributed by atoms with Crippen LogP contribution in [0, 0.1) is 0 Å². The van der Waals surface area contributed by atoms with E-state index in [0.717, 1.165) is 0 Å². The summed E-state index contributed by atoms with van der Waals surface area (Å²) in [5.74, 6) is 0. The SMILES string of the molecule is OCCO[N+](CCl)(OCCO)OCCO.[Cl-]. The predicted octanol–water partition coefficient (Wildman–Crippen LogP) is -4.22. The summed E-state index contributed by atoms with van der Waals surface area (Å²) in [7, 11) is 0. The van der Waals surface area contributed by atoms with Gasteiger partial charge in [-0.25, -0.2) is 0 Å². The number of quaternary nitrogens is 1. The van der Waals surface area contributed by atoms with Crippen molar-refractivity contribution in [1.82, 2.24) is 0 Å².